The number of hydrogen-bond acceptors (Lipinski definition) is 11. The third-order valence-electron chi connectivity index (χ3n) is 8.22. The van der Waals surface area contributed by atoms with Crippen LogP contribution in [0.1, 0.15) is 20.3 Å². The van der Waals surface area contributed by atoms with Gasteiger partial charge < -0.3 is 36.2 Å². The molecule has 3 saturated heterocycles. The van der Waals surface area contributed by atoms with Crippen LogP contribution in [-0.4, -0.2) is 132 Å². The first-order valence-electron chi connectivity index (χ1n) is 13.6. The van der Waals surface area contributed by atoms with Crippen molar-refractivity contribution in [2.24, 2.45) is 17.6 Å². The van der Waals surface area contributed by atoms with E-state index in [1.807, 2.05) is 6.92 Å². The first-order valence-corrected chi connectivity index (χ1v) is 14.5. The number of aromatic nitrogens is 4. The lowest BCUT2D eigenvalue weighted by Crippen LogP contribution is -2.66. The Balaban J connectivity index is 1.19. The molecule has 0 bridgehead atoms. The van der Waals surface area contributed by atoms with Crippen molar-refractivity contribution < 1.29 is 29.1 Å². The number of hydrogen-bond donors (Lipinski definition) is 4. The van der Waals surface area contributed by atoms with E-state index in [0.29, 0.717) is 44.0 Å². The van der Waals surface area contributed by atoms with Crippen molar-refractivity contribution in [3.63, 3.8) is 0 Å². The topological polar surface area (TPSA) is 209 Å². The number of β-lactam (4-membered cyclic amide) rings is 1. The van der Waals surface area contributed by atoms with E-state index in [-0.39, 0.29) is 53.6 Å². The summed E-state index contributed by atoms with van der Waals surface area (Å²) in [6, 6.07) is -1.32. The van der Waals surface area contributed by atoms with Crippen molar-refractivity contribution >= 4 is 41.4 Å². The van der Waals surface area contributed by atoms with Gasteiger partial charge in [0.25, 0.3) is 0 Å². The Morgan fingerprint density at radius 1 is 1.22 bits per heavy atom. The van der Waals surface area contributed by atoms with Gasteiger partial charge in [0, 0.05) is 54.8 Å². The van der Waals surface area contributed by atoms with Crippen LogP contribution < -0.4 is 16.4 Å². The highest BCUT2D eigenvalue weighted by Crippen LogP contribution is 2.51. The number of piperazine rings is 1. The number of amides is 4. The van der Waals surface area contributed by atoms with Crippen molar-refractivity contribution in [1.29, 1.82) is 0 Å². The normalized spacial score (nSPS) is 28.4. The fourth-order valence-corrected chi connectivity index (χ4v) is 7.65. The molecule has 1 aromatic rings. The molecule has 2 unspecified atom stereocenters. The van der Waals surface area contributed by atoms with Gasteiger partial charge in [-0.1, -0.05) is 6.92 Å². The van der Waals surface area contributed by atoms with Gasteiger partial charge in [-0.15, -0.1) is 16.9 Å². The third-order valence-corrected chi connectivity index (χ3v) is 9.73. The molecule has 1 aromatic heterocycles. The highest BCUT2D eigenvalue weighted by Gasteiger charge is 2.60. The Kier molecular flexibility index (Phi) is 8.28. The van der Waals surface area contributed by atoms with E-state index < -0.39 is 30.0 Å². The van der Waals surface area contributed by atoms with E-state index in [1.54, 1.807) is 16.7 Å². The number of nitrogens with two attached hydrogens (primary N) is 1. The number of carboxylic acids is 1. The summed E-state index contributed by atoms with van der Waals surface area (Å²) >= 11 is 1.41. The van der Waals surface area contributed by atoms with Crippen LogP contribution >= 0.6 is 11.8 Å². The summed E-state index contributed by atoms with van der Waals surface area (Å²) in [5.41, 5.74) is 5.42. The van der Waals surface area contributed by atoms with E-state index in [4.69, 9.17) is 5.73 Å². The lowest BCUT2D eigenvalue weighted by Gasteiger charge is -2.47. The molecule has 0 aliphatic carbocycles. The minimum absolute atomic E-state index is 0.0172. The zero-order chi connectivity index (χ0) is 29.4. The Morgan fingerprint density at radius 3 is 2.56 bits per heavy atom. The van der Waals surface area contributed by atoms with Gasteiger partial charge in [-0.2, -0.15) is 0 Å². The Hall–Kier alpha value is -3.57. The van der Waals surface area contributed by atoms with Crippen LogP contribution in [0.25, 0.3) is 0 Å². The van der Waals surface area contributed by atoms with Crippen molar-refractivity contribution in [2.75, 3.05) is 39.3 Å². The maximum Gasteiger partial charge on any atom is 0.353 e. The van der Waals surface area contributed by atoms with E-state index in [0.717, 1.165) is 0 Å². The smallest absolute Gasteiger partial charge is 0.353 e. The van der Waals surface area contributed by atoms with Crippen molar-refractivity contribution in [1.82, 2.24) is 45.5 Å². The predicted octanol–water partition coefficient (Wildman–Crippen LogP) is -2.96. The van der Waals surface area contributed by atoms with Gasteiger partial charge in [0.05, 0.1) is 24.5 Å². The molecule has 0 spiro atoms. The van der Waals surface area contributed by atoms with E-state index in [1.165, 1.54) is 27.7 Å². The van der Waals surface area contributed by atoms with Crippen LogP contribution in [0, 0.1) is 11.8 Å². The average molecular weight is 591 g/mol. The molecular formula is C24H34N10O6S. The molecule has 4 aliphatic heterocycles. The molecule has 0 radical (unpaired) electrons. The lowest BCUT2D eigenvalue weighted by molar-refractivity contribution is -0.158. The molecule has 41 heavy (non-hydrogen) atoms. The monoisotopic (exact) mass is 590 g/mol. The highest BCUT2D eigenvalue weighted by molar-refractivity contribution is 8.03. The minimum atomic E-state index is -1.17. The van der Waals surface area contributed by atoms with Crippen LogP contribution in [0.15, 0.2) is 16.9 Å². The summed E-state index contributed by atoms with van der Waals surface area (Å²) in [6.45, 7) is 5.77. The molecule has 5 rings (SSSR count). The van der Waals surface area contributed by atoms with Crippen molar-refractivity contribution in [3.05, 3.63) is 16.9 Å². The third kappa shape index (κ3) is 5.52. The van der Waals surface area contributed by atoms with Gasteiger partial charge in [-0.3, -0.25) is 19.2 Å². The molecule has 4 aliphatic rings. The number of aliphatic carboxylic acids is 1. The molecule has 0 aromatic carbocycles. The average Bonchev–Trinajstić information content (AvgIpc) is 3.68. The highest BCUT2D eigenvalue weighted by atomic mass is 32.2. The number of tetrazole rings is 1. The summed E-state index contributed by atoms with van der Waals surface area (Å²) in [5, 5.41) is 26.7. The second kappa shape index (κ2) is 11.7. The molecule has 6 atom stereocenters. The summed E-state index contributed by atoms with van der Waals surface area (Å²) in [7, 11) is 0. The molecule has 17 heteroatoms. The van der Waals surface area contributed by atoms with E-state index in [9.17, 15) is 29.1 Å². The number of nitrogens with one attached hydrogen (secondary N) is 2. The van der Waals surface area contributed by atoms with Crippen LogP contribution in [-0.2, 0) is 30.5 Å². The molecule has 5 heterocycles. The van der Waals surface area contributed by atoms with Gasteiger partial charge >= 0.3 is 5.97 Å². The maximum absolute atomic E-state index is 13.2. The van der Waals surface area contributed by atoms with E-state index in [2.05, 4.69) is 26.2 Å². The number of fused-ring (bicyclic) bond motifs is 1. The number of carbonyl (C=O) groups excluding carboxylic acids is 4. The summed E-state index contributed by atoms with van der Waals surface area (Å²) in [4.78, 5) is 68.3. The number of carbonyl (C=O) groups is 5. The molecule has 4 amide bonds. The van der Waals surface area contributed by atoms with Gasteiger partial charge in [0.15, 0.2) is 0 Å². The SMILES string of the molecule is C[C@@H](NC(=O)Cn1cnnn1)[C@H]1C(=O)N2C(C(=O)O)=C(SC3CNC(C(=O)N4CCN(C(=O)CN)CC4)C3)[C@H](C)[C@H]12. The zero-order valence-electron chi connectivity index (χ0n) is 22.8. The first-order chi connectivity index (χ1) is 19.6. The second-order valence-electron chi connectivity index (χ2n) is 10.7. The Labute approximate surface area is 240 Å². The molecule has 222 valence electrons. The van der Waals surface area contributed by atoms with Gasteiger partial charge in [-0.25, -0.2) is 9.48 Å². The summed E-state index contributed by atoms with van der Waals surface area (Å²) < 4.78 is 1.27. The summed E-state index contributed by atoms with van der Waals surface area (Å²) in [5.74, 6) is -2.87. The second-order valence-corrected chi connectivity index (χ2v) is 12.1. The predicted molar refractivity (Wildman–Crippen MR) is 143 cm³/mol. The number of carboxylic acid groups (broad SMARTS) is 1. The van der Waals surface area contributed by atoms with Crippen LogP contribution in [0.4, 0.5) is 0 Å². The molecular weight excluding hydrogens is 556 g/mol. The van der Waals surface area contributed by atoms with Gasteiger partial charge in [0.1, 0.15) is 18.6 Å². The standard InChI is InChI=1S/C24H34N10O6S/c1-12-19-18(13(2)28-16(35)10-33-11-27-29-30-33)23(38)34(19)20(24(39)40)21(12)41-14-7-15(26-9-14)22(37)32-5-3-31(4-6-32)17(36)8-25/h11-15,18-19,26H,3-10,25H2,1-2H3,(H,28,35)(H,39,40)/t12-,13-,14?,15?,18-,19-/m1/s1. The number of rotatable bonds is 9. The lowest BCUT2D eigenvalue weighted by atomic mass is 9.78. The van der Waals surface area contributed by atoms with Crippen molar-refractivity contribution in [3.8, 4) is 0 Å². The van der Waals surface area contributed by atoms with E-state index >= 15 is 0 Å². The zero-order valence-corrected chi connectivity index (χ0v) is 23.6. The van der Waals surface area contributed by atoms with Gasteiger partial charge in [0.2, 0.25) is 23.6 Å². The fourth-order valence-electron chi connectivity index (χ4n) is 6.17. The number of nitrogens with zero attached hydrogens (tertiary/aromatic N) is 7. The number of thioether (sulfide) groups is 1. The molecule has 3 fully saturated rings. The molecule has 16 nitrogen and oxygen atoms in total. The first kappa shape index (κ1) is 28.9. The van der Waals surface area contributed by atoms with Crippen LogP contribution in [0.2, 0.25) is 0 Å². The minimum Gasteiger partial charge on any atom is -0.477 e. The van der Waals surface area contributed by atoms with Gasteiger partial charge in [-0.05, 0) is 23.8 Å². The summed E-state index contributed by atoms with van der Waals surface area (Å²) in [6.07, 6.45) is 1.83. The molecule has 5 N–H and O–H groups in total. The fraction of sp³-hybridized carbons (Fsp3) is 0.667. The van der Waals surface area contributed by atoms with Crippen LogP contribution in [0.5, 0.6) is 0 Å². The largest absolute Gasteiger partial charge is 0.477 e. The Bertz CT molecular complexity index is 1250. The molecule has 0 saturated carbocycles. The Morgan fingerprint density at radius 2 is 1.93 bits per heavy atom. The van der Waals surface area contributed by atoms with Crippen molar-refractivity contribution in [2.45, 2.75) is 50.2 Å². The van der Waals surface area contributed by atoms with Crippen LogP contribution in [0.3, 0.4) is 0 Å². The maximum atomic E-state index is 13.2. The quantitative estimate of drug-likeness (QED) is 0.213.